The molecule has 0 heterocycles. The molecule has 0 saturated carbocycles. The Bertz CT molecular complexity index is 772. The maximum atomic E-state index is 12.0. The van der Waals surface area contributed by atoms with Gasteiger partial charge >= 0.3 is 0 Å². The summed E-state index contributed by atoms with van der Waals surface area (Å²) < 4.78 is 5.47. The number of hydrogen-bond donors (Lipinski definition) is 2. The standard InChI is InChI=1S/C19H21N3O3/c1-3-25-17-11-7-5-9-15(17)12-21-22-18(23)13-20-19(24)16-10-6-4-8-14(16)2/h4-12H,3,13H2,1-2H3,(H,20,24)(H,22,23)/b21-12-. The van der Waals surface area contributed by atoms with Crippen LogP contribution in [0.5, 0.6) is 5.75 Å². The van der Waals surface area contributed by atoms with Crippen molar-refractivity contribution < 1.29 is 14.3 Å². The van der Waals surface area contributed by atoms with Crippen LogP contribution in [0.2, 0.25) is 0 Å². The second-order valence-corrected chi connectivity index (χ2v) is 5.26. The summed E-state index contributed by atoms with van der Waals surface area (Å²) in [5, 5.41) is 6.47. The third-order valence-corrected chi connectivity index (χ3v) is 3.41. The quantitative estimate of drug-likeness (QED) is 0.600. The summed E-state index contributed by atoms with van der Waals surface area (Å²) in [6.45, 7) is 4.13. The normalized spacial score (nSPS) is 10.5. The molecule has 0 radical (unpaired) electrons. The zero-order valence-electron chi connectivity index (χ0n) is 14.3. The van der Waals surface area contributed by atoms with E-state index in [0.29, 0.717) is 17.9 Å². The Labute approximate surface area is 146 Å². The van der Waals surface area contributed by atoms with E-state index < -0.39 is 5.91 Å². The van der Waals surface area contributed by atoms with E-state index in [1.807, 2.05) is 50.2 Å². The number of carbonyl (C=O) groups is 2. The van der Waals surface area contributed by atoms with E-state index in [0.717, 1.165) is 11.1 Å². The number of nitrogens with one attached hydrogen (secondary N) is 2. The molecule has 0 spiro atoms. The largest absolute Gasteiger partial charge is 0.493 e. The van der Waals surface area contributed by atoms with Crippen molar-refractivity contribution in [2.45, 2.75) is 13.8 Å². The summed E-state index contributed by atoms with van der Waals surface area (Å²) in [5.74, 6) is -0.0122. The van der Waals surface area contributed by atoms with Crippen LogP contribution >= 0.6 is 0 Å². The Morgan fingerprint density at radius 2 is 1.84 bits per heavy atom. The van der Waals surface area contributed by atoms with E-state index in [9.17, 15) is 9.59 Å². The smallest absolute Gasteiger partial charge is 0.259 e. The Morgan fingerprint density at radius 1 is 1.12 bits per heavy atom. The molecule has 0 atom stereocenters. The molecule has 0 aromatic heterocycles. The van der Waals surface area contributed by atoms with Crippen LogP contribution in [0.25, 0.3) is 0 Å². The lowest BCUT2D eigenvalue weighted by Gasteiger charge is -2.07. The molecule has 6 heteroatoms. The third kappa shape index (κ3) is 5.46. The van der Waals surface area contributed by atoms with E-state index in [1.165, 1.54) is 6.21 Å². The minimum atomic E-state index is -0.410. The van der Waals surface area contributed by atoms with Gasteiger partial charge in [-0.1, -0.05) is 30.3 Å². The summed E-state index contributed by atoms with van der Waals surface area (Å²) in [4.78, 5) is 23.8. The van der Waals surface area contributed by atoms with Crippen molar-refractivity contribution in [1.82, 2.24) is 10.7 Å². The average molecular weight is 339 g/mol. The molecule has 6 nitrogen and oxygen atoms in total. The highest BCUT2D eigenvalue weighted by atomic mass is 16.5. The molecular weight excluding hydrogens is 318 g/mol. The first-order valence-electron chi connectivity index (χ1n) is 7.99. The summed E-state index contributed by atoms with van der Waals surface area (Å²) in [5.41, 5.74) is 4.54. The first-order chi connectivity index (χ1) is 12.1. The number of hydrogen-bond acceptors (Lipinski definition) is 4. The Balaban J connectivity index is 1.85. The SMILES string of the molecule is CCOc1ccccc1/C=N\NC(=O)CNC(=O)c1ccccc1C. The Kier molecular flexibility index (Phi) is 6.71. The van der Waals surface area contributed by atoms with Crippen LogP contribution in [0.3, 0.4) is 0 Å². The van der Waals surface area contributed by atoms with E-state index in [1.54, 1.807) is 12.1 Å². The van der Waals surface area contributed by atoms with E-state index in [-0.39, 0.29) is 12.5 Å². The molecule has 0 fully saturated rings. The average Bonchev–Trinajstić information content (AvgIpc) is 2.62. The van der Waals surface area contributed by atoms with Gasteiger partial charge in [0.15, 0.2) is 0 Å². The molecule has 25 heavy (non-hydrogen) atoms. The first kappa shape index (κ1) is 18.2. The molecule has 0 saturated heterocycles. The fraction of sp³-hybridized carbons (Fsp3) is 0.211. The highest BCUT2D eigenvalue weighted by Gasteiger charge is 2.09. The van der Waals surface area contributed by atoms with Crippen molar-refractivity contribution in [1.29, 1.82) is 0 Å². The van der Waals surface area contributed by atoms with E-state index in [4.69, 9.17) is 4.74 Å². The predicted molar refractivity (Wildman–Crippen MR) is 96.9 cm³/mol. The van der Waals surface area contributed by atoms with Crippen LogP contribution in [0.1, 0.15) is 28.4 Å². The molecule has 0 bridgehead atoms. The van der Waals surface area contributed by atoms with Gasteiger partial charge in [-0.05, 0) is 37.6 Å². The van der Waals surface area contributed by atoms with Gasteiger partial charge in [0.2, 0.25) is 0 Å². The topological polar surface area (TPSA) is 79.8 Å². The number of para-hydroxylation sites is 1. The molecule has 2 N–H and O–H groups in total. The number of aryl methyl sites for hydroxylation is 1. The van der Waals surface area contributed by atoms with E-state index >= 15 is 0 Å². The minimum Gasteiger partial charge on any atom is -0.493 e. The van der Waals surface area contributed by atoms with Crippen LogP contribution in [-0.4, -0.2) is 31.2 Å². The molecule has 0 aliphatic carbocycles. The zero-order valence-corrected chi connectivity index (χ0v) is 14.3. The number of amides is 2. The van der Waals surface area contributed by atoms with Gasteiger partial charge in [-0.3, -0.25) is 9.59 Å². The van der Waals surface area contributed by atoms with Crippen LogP contribution in [0.15, 0.2) is 53.6 Å². The van der Waals surface area contributed by atoms with Crippen molar-refractivity contribution in [2.24, 2.45) is 5.10 Å². The molecule has 2 rings (SSSR count). The van der Waals surface area contributed by atoms with Crippen molar-refractivity contribution in [3.8, 4) is 5.75 Å². The van der Waals surface area contributed by atoms with Gasteiger partial charge in [0.25, 0.3) is 11.8 Å². The number of ether oxygens (including phenoxy) is 1. The van der Waals surface area contributed by atoms with Crippen molar-refractivity contribution in [2.75, 3.05) is 13.2 Å². The highest BCUT2D eigenvalue weighted by molar-refractivity contribution is 5.97. The predicted octanol–water partition coefficient (Wildman–Crippen LogP) is 2.27. The van der Waals surface area contributed by atoms with Crippen molar-refractivity contribution >= 4 is 18.0 Å². The number of carbonyl (C=O) groups excluding carboxylic acids is 2. The lowest BCUT2D eigenvalue weighted by molar-refractivity contribution is -0.120. The summed E-state index contributed by atoms with van der Waals surface area (Å²) in [7, 11) is 0. The van der Waals surface area contributed by atoms with Gasteiger partial charge in [0.1, 0.15) is 5.75 Å². The summed E-state index contributed by atoms with van der Waals surface area (Å²) in [6, 6.07) is 14.6. The number of benzene rings is 2. The maximum Gasteiger partial charge on any atom is 0.259 e. The van der Waals surface area contributed by atoms with Crippen molar-refractivity contribution in [3.05, 3.63) is 65.2 Å². The fourth-order valence-corrected chi connectivity index (χ4v) is 2.17. The number of hydrazone groups is 1. The maximum absolute atomic E-state index is 12.0. The number of rotatable bonds is 7. The Morgan fingerprint density at radius 3 is 2.60 bits per heavy atom. The number of nitrogens with zero attached hydrogens (tertiary/aromatic N) is 1. The van der Waals surface area contributed by atoms with Crippen LogP contribution in [0.4, 0.5) is 0 Å². The molecule has 130 valence electrons. The van der Waals surface area contributed by atoms with Crippen LogP contribution in [0, 0.1) is 6.92 Å². The molecule has 2 aromatic rings. The molecule has 0 unspecified atom stereocenters. The molecule has 0 aliphatic heterocycles. The Hall–Kier alpha value is -3.15. The third-order valence-electron chi connectivity index (χ3n) is 3.41. The fourth-order valence-electron chi connectivity index (χ4n) is 2.17. The lowest BCUT2D eigenvalue weighted by atomic mass is 10.1. The minimum absolute atomic E-state index is 0.155. The van der Waals surface area contributed by atoms with Gasteiger partial charge in [0, 0.05) is 11.1 Å². The van der Waals surface area contributed by atoms with Gasteiger partial charge in [0.05, 0.1) is 19.4 Å². The van der Waals surface area contributed by atoms with Crippen molar-refractivity contribution in [3.63, 3.8) is 0 Å². The highest BCUT2D eigenvalue weighted by Crippen LogP contribution is 2.15. The van der Waals surface area contributed by atoms with E-state index in [2.05, 4.69) is 15.8 Å². The van der Waals surface area contributed by atoms with Gasteiger partial charge in [-0.15, -0.1) is 0 Å². The molecule has 0 aliphatic rings. The molecule has 2 amide bonds. The molecular formula is C19H21N3O3. The summed E-state index contributed by atoms with van der Waals surface area (Å²) >= 11 is 0. The van der Waals surface area contributed by atoms with Gasteiger partial charge < -0.3 is 10.1 Å². The molecule has 2 aromatic carbocycles. The van der Waals surface area contributed by atoms with Gasteiger partial charge in [-0.25, -0.2) is 5.43 Å². The van der Waals surface area contributed by atoms with Crippen LogP contribution < -0.4 is 15.5 Å². The lowest BCUT2D eigenvalue weighted by Crippen LogP contribution is -2.35. The first-order valence-corrected chi connectivity index (χ1v) is 7.99. The second-order valence-electron chi connectivity index (χ2n) is 5.26. The zero-order chi connectivity index (χ0) is 18.1. The van der Waals surface area contributed by atoms with Crippen LogP contribution in [-0.2, 0) is 4.79 Å². The van der Waals surface area contributed by atoms with Gasteiger partial charge in [-0.2, -0.15) is 5.10 Å². The summed E-state index contributed by atoms with van der Waals surface area (Å²) in [6.07, 6.45) is 1.51. The monoisotopic (exact) mass is 339 g/mol. The second kappa shape index (κ2) is 9.22.